The van der Waals surface area contributed by atoms with Crippen molar-refractivity contribution in [2.45, 2.75) is 24.6 Å². The fourth-order valence-corrected chi connectivity index (χ4v) is 5.89. The maximum Gasteiger partial charge on any atom is 0.496 e. The molecule has 0 radical (unpaired) electrons. The van der Waals surface area contributed by atoms with Crippen LogP contribution in [0.1, 0.15) is 23.3 Å². The minimum Gasteiger partial charge on any atom is -0.392 e. The lowest BCUT2D eigenvalue weighted by Crippen LogP contribution is -2.49. The minimum atomic E-state index is -4.76. The molecule has 0 aliphatic carbocycles. The second kappa shape index (κ2) is 5.97. The van der Waals surface area contributed by atoms with Crippen molar-refractivity contribution in [3.8, 4) is 0 Å². The van der Waals surface area contributed by atoms with Gasteiger partial charge in [-0.3, -0.25) is 0 Å². The van der Waals surface area contributed by atoms with Crippen LogP contribution in [0.5, 0.6) is 0 Å². The highest BCUT2D eigenvalue weighted by Gasteiger charge is 2.58. The molecule has 136 valence electrons. The van der Waals surface area contributed by atoms with Crippen LogP contribution in [-0.2, 0) is 9.31 Å². The summed E-state index contributed by atoms with van der Waals surface area (Å²) in [5.41, 5.74) is -0.155. The average molecular weight is 390 g/mol. The zero-order valence-corrected chi connectivity index (χ0v) is 13.8. The number of halogens is 6. The summed E-state index contributed by atoms with van der Waals surface area (Å²) in [6.07, 6.45) is -14.2. The molecule has 0 saturated heterocycles. The Hall–Kier alpha value is -1.57. The second-order valence-corrected chi connectivity index (χ2v) is 8.04. The Labute approximate surface area is 146 Å². The monoisotopic (exact) mass is 390 g/mol. The Morgan fingerprint density at radius 1 is 0.692 bits per heavy atom. The van der Waals surface area contributed by atoms with Crippen molar-refractivity contribution in [3.05, 3.63) is 59.7 Å². The van der Waals surface area contributed by atoms with E-state index in [2.05, 4.69) is 0 Å². The predicted molar refractivity (Wildman–Crippen MR) is 84.6 cm³/mol. The molecule has 26 heavy (non-hydrogen) atoms. The molecule has 2 aromatic rings. The summed E-state index contributed by atoms with van der Waals surface area (Å²) >= 11 is 0. The zero-order chi connectivity index (χ0) is 18.7. The first-order chi connectivity index (χ1) is 12.2. The molecule has 0 aromatic heterocycles. The van der Waals surface area contributed by atoms with Crippen molar-refractivity contribution in [2.75, 3.05) is 0 Å². The molecule has 2 nitrogen and oxygen atoms in total. The molecule has 2 unspecified atom stereocenters. The first kappa shape index (κ1) is 17.8. The lowest BCUT2D eigenvalue weighted by atomic mass is 10.0. The van der Waals surface area contributed by atoms with Crippen LogP contribution in [0, 0.1) is 0 Å². The summed E-state index contributed by atoms with van der Waals surface area (Å²) in [5, 5.41) is 0.656. The second-order valence-electron chi connectivity index (χ2n) is 5.91. The molecule has 0 saturated carbocycles. The molecular formula is C16H10BF6O2P. The smallest absolute Gasteiger partial charge is 0.392 e. The molecule has 2 heterocycles. The van der Waals surface area contributed by atoms with Gasteiger partial charge in [-0.15, -0.1) is 0 Å². The molecule has 10 heteroatoms. The molecule has 2 aromatic carbocycles. The van der Waals surface area contributed by atoms with Crippen LogP contribution in [0.25, 0.3) is 0 Å². The van der Waals surface area contributed by atoms with Gasteiger partial charge >= 0.3 is 19.2 Å². The van der Waals surface area contributed by atoms with E-state index >= 15 is 0 Å². The maximum atomic E-state index is 13.4. The molecule has 0 amide bonds. The van der Waals surface area contributed by atoms with Crippen molar-refractivity contribution in [2.24, 2.45) is 0 Å². The Balaban J connectivity index is 1.91. The summed E-state index contributed by atoms with van der Waals surface area (Å²) < 4.78 is 90.6. The van der Waals surface area contributed by atoms with E-state index < -0.39 is 39.2 Å². The number of benzene rings is 2. The van der Waals surface area contributed by atoms with Crippen molar-refractivity contribution in [1.29, 1.82) is 0 Å². The van der Waals surface area contributed by atoms with Crippen LogP contribution in [0.3, 0.4) is 0 Å². The van der Waals surface area contributed by atoms with Crippen LogP contribution >= 0.6 is 7.80 Å². The third-order valence-electron chi connectivity index (χ3n) is 4.27. The molecule has 2 aliphatic heterocycles. The van der Waals surface area contributed by atoms with Gasteiger partial charge in [0, 0.05) is 0 Å². The van der Waals surface area contributed by atoms with Gasteiger partial charge in [-0.2, -0.15) is 26.3 Å². The molecule has 0 spiro atoms. The van der Waals surface area contributed by atoms with Crippen LogP contribution in [0.15, 0.2) is 48.5 Å². The normalized spacial score (nSPS) is 25.3. The quantitative estimate of drug-likeness (QED) is 0.378. The highest BCUT2D eigenvalue weighted by Crippen LogP contribution is 2.56. The third-order valence-corrected chi connectivity index (χ3v) is 6.79. The van der Waals surface area contributed by atoms with E-state index in [4.69, 9.17) is 9.31 Å². The van der Waals surface area contributed by atoms with Gasteiger partial charge in [0.1, 0.15) is 0 Å². The van der Waals surface area contributed by atoms with Gasteiger partial charge in [-0.05, 0) is 29.5 Å². The summed E-state index contributed by atoms with van der Waals surface area (Å²) in [6.45, 7) is -1.62. The fraction of sp³-hybridized carbons (Fsp3) is 0.250. The van der Waals surface area contributed by atoms with Gasteiger partial charge in [-0.25, -0.2) is 0 Å². The summed E-state index contributed by atoms with van der Waals surface area (Å²) in [4.78, 5) is 0. The van der Waals surface area contributed by atoms with Gasteiger partial charge in [0.15, 0.2) is 12.2 Å². The first-order valence-corrected chi connectivity index (χ1v) is 9.00. The number of hydrogen-bond acceptors (Lipinski definition) is 2. The van der Waals surface area contributed by atoms with Crippen LogP contribution in [0.2, 0.25) is 0 Å². The lowest BCUT2D eigenvalue weighted by molar-refractivity contribution is -0.217. The molecule has 2 atom stereocenters. The Morgan fingerprint density at radius 2 is 1.08 bits per heavy atom. The lowest BCUT2D eigenvalue weighted by Gasteiger charge is -2.42. The highest BCUT2D eigenvalue weighted by atomic mass is 31.1. The van der Waals surface area contributed by atoms with Crippen molar-refractivity contribution in [3.63, 3.8) is 0 Å². The van der Waals surface area contributed by atoms with Crippen LogP contribution in [-0.4, -0.2) is 19.2 Å². The van der Waals surface area contributed by atoms with Crippen LogP contribution in [0.4, 0.5) is 26.3 Å². The number of fused-ring (bicyclic) bond motifs is 5. The molecule has 0 fully saturated rings. The van der Waals surface area contributed by atoms with Crippen molar-refractivity contribution in [1.82, 2.24) is 0 Å². The van der Waals surface area contributed by atoms with E-state index in [0.29, 0.717) is 10.6 Å². The van der Waals surface area contributed by atoms with E-state index in [-0.39, 0.29) is 11.1 Å². The highest BCUT2D eigenvalue weighted by molar-refractivity contribution is 7.99. The Bertz CT molecular complexity index is 772. The van der Waals surface area contributed by atoms with E-state index in [0.717, 1.165) is 0 Å². The molecule has 0 N–H and O–H groups in total. The summed E-state index contributed by atoms with van der Waals surface area (Å²) in [7, 11) is -1.67. The largest absolute Gasteiger partial charge is 0.496 e. The number of hydrogen-bond donors (Lipinski definition) is 0. The van der Waals surface area contributed by atoms with Gasteiger partial charge in [0.2, 0.25) is 0 Å². The van der Waals surface area contributed by atoms with E-state index in [1.54, 1.807) is 12.1 Å². The molecule has 0 bridgehead atoms. The third kappa shape index (κ3) is 2.82. The summed E-state index contributed by atoms with van der Waals surface area (Å²) in [5.74, 6) is 0. The zero-order valence-electron chi connectivity index (χ0n) is 12.9. The Morgan fingerprint density at radius 3 is 1.46 bits per heavy atom. The van der Waals surface area contributed by atoms with Gasteiger partial charge < -0.3 is 9.31 Å². The van der Waals surface area contributed by atoms with E-state index in [9.17, 15) is 26.3 Å². The van der Waals surface area contributed by atoms with Crippen molar-refractivity contribution >= 4 is 25.2 Å². The average Bonchev–Trinajstić information content (AvgIpc) is 2.58. The SMILES string of the molecule is FC(F)(F)C1OB2OC(C(F)(F)F)c3ccccc3P2c2ccccc21. The maximum absolute atomic E-state index is 13.4. The number of alkyl halides is 6. The van der Waals surface area contributed by atoms with Gasteiger partial charge in [0.05, 0.1) is 0 Å². The van der Waals surface area contributed by atoms with Crippen molar-refractivity contribution < 1.29 is 35.7 Å². The first-order valence-electron chi connectivity index (χ1n) is 7.59. The van der Waals surface area contributed by atoms with Gasteiger partial charge in [-0.1, -0.05) is 48.5 Å². The van der Waals surface area contributed by atoms with Gasteiger partial charge in [0.25, 0.3) is 0 Å². The van der Waals surface area contributed by atoms with Crippen LogP contribution < -0.4 is 10.6 Å². The predicted octanol–water partition coefficient (Wildman–Crippen LogP) is 4.37. The molecule has 2 aliphatic rings. The fourth-order valence-electron chi connectivity index (χ4n) is 3.25. The standard InChI is InChI=1S/C16H10BF6O2P/c18-15(19,20)13-9-5-1-3-7-11(9)26-12-8-4-2-6-10(12)14(16(21,22)23)25-17(26)24-13/h1-8,13-14H. The topological polar surface area (TPSA) is 18.5 Å². The molecule has 4 rings (SSSR count). The van der Waals surface area contributed by atoms with E-state index in [1.165, 1.54) is 36.4 Å². The molecular weight excluding hydrogens is 380 g/mol. The minimum absolute atomic E-state index is 0.0776. The van der Waals surface area contributed by atoms with E-state index in [1.807, 2.05) is 0 Å². The number of rotatable bonds is 0. The Kier molecular flexibility index (Phi) is 4.10. The summed E-state index contributed by atoms with van der Waals surface area (Å²) in [6, 6.07) is 11.6.